The lowest BCUT2D eigenvalue weighted by atomic mass is 10.1. The van der Waals surface area contributed by atoms with Gasteiger partial charge in [-0.05, 0) is 44.4 Å². The summed E-state index contributed by atoms with van der Waals surface area (Å²) < 4.78 is 2.03. The van der Waals surface area contributed by atoms with Crippen LogP contribution in [0.4, 0.5) is 0 Å². The lowest BCUT2D eigenvalue weighted by molar-refractivity contribution is 0.0695. The van der Waals surface area contributed by atoms with Gasteiger partial charge < -0.3 is 15.0 Å². The Bertz CT molecular complexity index is 878. The van der Waals surface area contributed by atoms with Crippen LogP contribution in [-0.2, 0) is 13.1 Å². The Hall–Kier alpha value is -2.37. The molecule has 2 aromatic heterocycles. The van der Waals surface area contributed by atoms with Crippen molar-refractivity contribution in [3.8, 4) is 5.69 Å². The first-order valence-electron chi connectivity index (χ1n) is 8.23. The average molecular weight is 354 g/mol. The summed E-state index contributed by atoms with van der Waals surface area (Å²) in [7, 11) is 0. The molecule has 2 N–H and O–H groups in total. The molecule has 0 bridgehead atoms. The first kappa shape index (κ1) is 17.5. The van der Waals surface area contributed by atoms with E-state index in [4.69, 9.17) is 0 Å². The van der Waals surface area contributed by atoms with Crippen LogP contribution in [0.25, 0.3) is 5.69 Å². The first-order valence-corrected chi connectivity index (χ1v) is 9.11. The molecule has 1 aromatic carbocycles. The molecule has 0 saturated heterocycles. The van der Waals surface area contributed by atoms with Crippen molar-refractivity contribution >= 4 is 17.3 Å². The van der Waals surface area contributed by atoms with Crippen LogP contribution in [0.3, 0.4) is 0 Å². The number of carbonyl (C=O) groups is 1. The number of aromatic carboxylic acids is 1. The lowest BCUT2D eigenvalue weighted by Crippen LogP contribution is -2.15. The number of rotatable bonds is 6. The van der Waals surface area contributed by atoms with E-state index in [9.17, 15) is 9.90 Å². The van der Waals surface area contributed by atoms with Gasteiger partial charge in [-0.15, -0.1) is 11.3 Å². The number of nitrogens with zero attached hydrogens (tertiary/aromatic N) is 1. The number of nitrogens with one attached hydrogen (secondary N) is 1. The minimum absolute atomic E-state index is 0.400. The van der Waals surface area contributed by atoms with Gasteiger partial charge in [-0.25, -0.2) is 4.79 Å². The second-order valence-corrected chi connectivity index (χ2v) is 7.22. The molecular formula is C20H22N2O2S. The fraction of sp³-hybridized carbons (Fsp3) is 0.250. The second kappa shape index (κ2) is 7.25. The summed E-state index contributed by atoms with van der Waals surface area (Å²) in [6, 6.07) is 12.2. The molecule has 5 heteroatoms. The molecule has 3 rings (SSSR count). The molecule has 0 saturated carbocycles. The van der Waals surface area contributed by atoms with Crippen LogP contribution in [0.5, 0.6) is 0 Å². The van der Waals surface area contributed by atoms with Crippen molar-refractivity contribution < 1.29 is 9.90 Å². The number of benzene rings is 1. The summed E-state index contributed by atoms with van der Waals surface area (Å²) in [5, 5.41) is 15.1. The molecule has 25 heavy (non-hydrogen) atoms. The van der Waals surface area contributed by atoms with Gasteiger partial charge in [0.05, 0.1) is 5.56 Å². The molecular weight excluding hydrogens is 332 g/mol. The third kappa shape index (κ3) is 3.52. The Morgan fingerprint density at radius 2 is 1.80 bits per heavy atom. The Labute approximate surface area is 151 Å². The smallest absolute Gasteiger partial charge is 0.337 e. The van der Waals surface area contributed by atoms with Gasteiger partial charge in [0.2, 0.25) is 0 Å². The highest BCUT2D eigenvalue weighted by atomic mass is 32.1. The number of carboxylic acids is 1. The molecule has 3 aromatic rings. The van der Waals surface area contributed by atoms with Crippen molar-refractivity contribution in [2.24, 2.45) is 0 Å². The molecule has 0 fully saturated rings. The minimum atomic E-state index is -0.876. The van der Waals surface area contributed by atoms with Gasteiger partial charge in [-0.3, -0.25) is 0 Å². The topological polar surface area (TPSA) is 54.3 Å². The Morgan fingerprint density at radius 1 is 1.08 bits per heavy atom. The van der Waals surface area contributed by atoms with Crippen LogP contribution < -0.4 is 5.32 Å². The summed E-state index contributed by atoms with van der Waals surface area (Å²) in [6.45, 7) is 7.18. The Kier molecular flexibility index (Phi) is 5.06. The van der Waals surface area contributed by atoms with Gasteiger partial charge in [0.15, 0.2) is 0 Å². The molecule has 130 valence electrons. The van der Waals surface area contributed by atoms with E-state index >= 15 is 0 Å². The molecule has 4 nitrogen and oxygen atoms in total. The molecule has 0 aliphatic heterocycles. The van der Waals surface area contributed by atoms with Crippen molar-refractivity contribution in [1.82, 2.24) is 9.88 Å². The van der Waals surface area contributed by atoms with Crippen LogP contribution in [0, 0.1) is 20.8 Å². The number of hydrogen-bond donors (Lipinski definition) is 2. The molecule has 0 aliphatic carbocycles. The quantitative estimate of drug-likeness (QED) is 0.687. The predicted octanol–water partition coefficient (Wildman–Crippen LogP) is 4.45. The molecule has 0 unspecified atom stereocenters. The largest absolute Gasteiger partial charge is 0.478 e. The van der Waals surface area contributed by atoms with Crippen LogP contribution in [0.15, 0.2) is 41.8 Å². The van der Waals surface area contributed by atoms with E-state index in [1.807, 2.05) is 61.1 Å². The third-order valence-corrected chi connectivity index (χ3v) is 5.33. The summed E-state index contributed by atoms with van der Waals surface area (Å²) in [6.07, 6.45) is 0. The maximum absolute atomic E-state index is 11.8. The van der Waals surface area contributed by atoms with E-state index in [-0.39, 0.29) is 0 Å². The van der Waals surface area contributed by atoms with E-state index in [0.717, 1.165) is 29.2 Å². The number of aryl methyl sites for hydroxylation is 1. The van der Waals surface area contributed by atoms with Gasteiger partial charge in [0, 0.05) is 40.6 Å². The Morgan fingerprint density at radius 3 is 2.40 bits per heavy atom. The first-order chi connectivity index (χ1) is 12.0. The van der Waals surface area contributed by atoms with Gasteiger partial charge in [-0.1, -0.05) is 23.8 Å². The van der Waals surface area contributed by atoms with Crippen molar-refractivity contribution in [3.63, 3.8) is 0 Å². The van der Waals surface area contributed by atoms with E-state index in [1.54, 1.807) is 11.3 Å². The lowest BCUT2D eigenvalue weighted by Gasteiger charge is -2.10. The second-order valence-electron chi connectivity index (χ2n) is 6.18. The van der Waals surface area contributed by atoms with Crippen LogP contribution in [-0.4, -0.2) is 15.6 Å². The number of carboxylic acid groups (broad SMARTS) is 1. The maximum Gasteiger partial charge on any atom is 0.337 e. The van der Waals surface area contributed by atoms with Gasteiger partial charge in [-0.2, -0.15) is 0 Å². The zero-order chi connectivity index (χ0) is 18.0. The van der Waals surface area contributed by atoms with E-state index in [0.29, 0.717) is 12.1 Å². The van der Waals surface area contributed by atoms with Gasteiger partial charge >= 0.3 is 5.97 Å². The number of aromatic nitrogens is 1. The molecule has 0 amide bonds. The van der Waals surface area contributed by atoms with Crippen LogP contribution in [0.1, 0.15) is 37.7 Å². The number of thiophene rings is 1. The standard InChI is InChI=1S/C20H22N2O2S/c1-13-6-8-16(9-7-13)22-14(2)18(19(15(22)3)20(23)24)12-21-11-17-5-4-10-25-17/h4-10,21H,11-12H2,1-3H3,(H,23,24). The molecule has 2 heterocycles. The SMILES string of the molecule is Cc1ccc(-n2c(C)c(CNCc3cccs3)c(C(=O)O)c2C)cc1. The van der Waals surface area contributed by atoms with Crippen LogP contribution >= 0.6 is 11.3 Å². The Balaban J connectivity index is 1.95. The summed E-state index contributed by atoms with van der Waals surface area (Å²) in [5.74, 6) is -0.876. The zero-order valence-corrected chi connectivity index (χ0v) is 15.5. The molecule has 0 aliphatic rings. The van der Waals surface area contributed by atoms with Crippen molar-refractivity contribution in [3.05, 3.63) is 74.7 Å². The maximum atomic E-state index is 11.8. The van der Waals surface area contributed by atoms with Crippen molar-refractivity contribution in [2.75, 3.05) is 0 Å². The normalized spacial score (nSPS) is 11.0. The van der Waals surface area contributed by atoms with Crippen molar-refractivity contribution in [2.45, 2.75) is 33.9 Å². The molecule has 0 radical (unpaired) electrons. The van der Waals surface area contributed by atoms with E-state index in [2.05, 4.69) is 11.4 Å². The highest BCUT2D eigenvalue weighted by Gasteiger charge is 2.23. The molecule has 0 spiro atoms. The van der Waals surface area contributed by atoms with Crippen molar-refractivity contribution in [1.29, 1.82) is 0 Å². The van der Waals surface area contributed by atoms with Crippen LogP contribution in [0.2, 0.25) is 0 Å². The highest BCUT2D eigenvalue weighted by Crippen LogP contribution is 2.27. The van der Waals surface area contributed by atoms with Gasteiger partial charge in [0.1, 0.15) is 0 Å². The predicted molar refractivity (Wildman–Crippen MR) is 102 cm³/mol. The number of hydrogen-bond acceptors (Lipinski definition) is 3. The summed E-state index contributed by atoms with van der Waals surface area (Å²) in [4.78, 5) is 13.1. The highest BCUT2D eigenvalue weighted by molar-refractivity contribution is 7.09. The summed E-state index contributed by atoms with van der Waals surface area (Å²) >= 11 is 1.70. The molecule has 0 atom stereocenters. The van der Waals surface area contributed by atoms with E-state index < -0.39 is 5.97 Å². The average Bonchev–Trinajstić information content (AvgIpc) is 3.16. The monoisotopic (exact) mass is 354 g/mol. The van der Waals surface area contributed by atoms with Gasteiger partial charge in [0.25, 0.3) is 0 Å². The fourth-order valence-corrected chi connectivity index (χ4v) is 3.88. The minimum Gasteiger partial charge on any atom is -0.478 e. The fourth-order valence-electron chi connectivity index (χ4n) is 3.20. The zero-order valence-electron chi connectivity index (χ0n) is 14.7. The third-order valence-electron chi connectivity index (χ3n) is 4.46. The summed E-state index contributed by atoms with van der Waals surface area (Å²) in [5.41, 5.74) is 5.16. The van der Waals surface area contributed by atoms with E-state index in [1.165, 1.54) is 10.4 Å².